The Kier molecular flexibility index (Phi) is 4.33. The van der Waals surface area contributed by atoms with Crippen molar-refractivity contribution < 1.29 is 5.11 Å². The van der Waals surface area contributed by atoms with Crippen molar-refractivity contribution in [3.05, 3.63) is 36.3 Å². The summed E-state index contributed by atoms with van der Waals surface area (Å²) in [6, 6.07) is 6.69. The summed E-state index contributed by atoms with van der Waals surface area (Å²) in [5.41, 5.74) is 2.20. The molecule has 1 aliphatic rings. The standard InChI is InChI=1S/C16H23N3O/c20-11-10-18(14-6-2-1-3-7-14)13-15-12-17-16-8-4-5-9-19(15)16/h4-5,8-9,12,14,20H,1-3,6-7,10-11,13H2. The summed E-state index contributed by atoms with van der Waals surface area (Å²) >= 11 is 0. The van der Waals surface area contributed by atoms with Crippen LogP contribution in [-0.4, -0.2) is 38.6 Å². The lowest BCUT2D eigenvalue weighted by Gasteiger charge is -2.33. The van der Waals surface area contributed by atoms with Crippen molar-refractivity contribution in [2.75, 3.05) is 13.2 Å². The van der Waals surface area contributed by atoms with Crippen LogP contribution in [0.3, 0.4) is 0 Å². The monoisotopic (exact) mass is 273 g/mol. The number of aliphatic hydroxyl groups excluding tert-OH is 1. The first-order valence-electron chi connectivity index (χ1n) is 7.64. The lowest BCUT2D eigenvalue weighted by Crippen LogP contribution is -2.38. The predicted octanol–water partition coefficient (Wildman–Crippen LogP) is 2.46. The van der Waals surface area contributed by atoms with E-state index in [1.807, 2.05) is 24.4 Å². The summed E-state index contributed by atoms with van der Waals surface area (Å²) in [6.45, 7) is 1.86. The highest BCUT2D eigenvalue weighted by Crippen LogP contribution is 2.24. The molecule has 4 heteroatoms. The van der Waals surface area contributed by atoms with Gasteiger partial charge in [0.05, 0.1) is 18.5 Å². The van der Waals surface area contributed by atoms with Gasteiger partial charge in [0.15, 0.2) is 0 Å². The van der Waals surface area contributed by atoms with Gasteiger partial charge in [0.25, 0.3) is 0 Å². The van der Waals surface area contributed by atoms with Crippen molar-refractivity contribution in [3.63, 3.8) is 0 Å². The third-order valence-corrected chi connectivity index (χ3v) is 4.34. The molecule has 0 aliphatic heterocycles. The summed E-state index contributed by atoms with van der Waals surface area (Å²) in [5, 5.41) is 9.35. The second kappa shape index (κ2) is 6.37. The van der Waals surface area contributed by atoms with Gasteiger partial charge in [-0.2, -0.15) is 0 Å². The Morgan fingerprint density at radius 3 is 2.90 bits per heavy atom. The molecule has 0 atom stereocenters. The molecule has 0 amide bonds. The maximum Gasteiger partial charge on any atom is 0.136 e. The van der Waals surface area contributed by atoms with Crippen molar-refractivity contribution in [3.8, 4) is 0 Å². The largest absolute Gasteiger partial charge is 0.395 e. The van der Waals surface area contributed by atoms with Crippen molar-refractivity contribution in [1.82, 2.24) is 14.3 Å². The van der Waals surface area contributed by atoms with Crippen LogP contribution in [0.2, 0.25) is 0 Å². The van der Waals surface area contributed by atoms with Gasteiger partial charge in [-0.1, -0.05) is 25.3 Å². The molecule has 0 aromatic carbocycles. The average Bonchev–Trinajstić information content (AvgIpc) is 2.91. The van der Waals surface area contributed by atoms with Crippen LogP contribution in [0.15, 0.2) is 30.6 Å². The molecule has 4 nitrogen and oxygen atoms in total. The minimum Gasteiger partial charge on any atom is -0.395 e. The zero-order valence-corrected chi connectivity index (χ0v) is 11.9. The lowest BCUT2D eigenvalue weighted by atomic mass is 9.94. The maximum atomic E-state index is 9.35. The molecular weight excluding hydrogens is 250 g/mol. The summed E-state index contributed by atoms with van der Waals surface area (Å²) in [7, 11) is 0. The molecule has 2 aromatic heterocycles. The van der Waals surface area contributed by atoms with Crippen LogP contribution in [0.25, 0.3) is 5.65 Å². The van der Waals surface area contributed by atoms with Crippen LogP contribution in [0.1, 0.15) is 37.8 Å². The normalized spacial score (nSPS) is 17.1. The maximum absolute atomic E-state index is 9.35. The molecule has 1 fully saturated rings. The average molecular weight is 273 g/mol. The van der Waals surface area contributed by atoms with Crippen molar-refractivity contribution >= 4 is 5.65 Å². The Bertz CT molecular complexity index is 545. The topological polar surface area (TPSA) is 40.8 Å². The van der Waals surface area contributed by atoms with Crippen LogP contribution in [0.5, 0.6) is 0 Å². The van der Waals surface area contributed by atoms with Gasteiger partial charge in [-0.3, -0.25) is 4.90 Å². The number of fused-ring (bicyclic) bond motifs is 1. The molecule has 0 saturated heterocycles. The van der Waals surface area contributed by atoms with Crippen LogP contribution in [-0.2, 0) is 6.54 Å². The number of hydrogen-bond acceptors (Lipinski definition) is 3. The second-order valence-electron chi connectivity index (χ2n) is 5.66. The van der Waals surface area contributed by atoms with Gasteiger partial charge in [-0.05, 0) is 25.0 Å². The summed E-state index contributed by atoms with van der Waals surface area (Å²) in [5.74, 6) is 0. The van der Waals surface area contributed by atoms with E-state index in [2.05, 4.69) is 20.5 Å². The number of nitrogens with zero attached hydrogens (tertiary/aromatic N) is 3. The van der Waals surface area contributed by atoms with E-state index in [0.29, 0.717) is 6.04 Å². The first-order chi connectivity index (χ1) is 9.88. The number of hydrogen-bond donors (Lipinski definition) is 1. The number of rotatable bonds is 5. The van der Waals surface area contributed by atoms with E-state index in [1.165, 1.54) is 37.8 Å². The second-order valence-corrected chi connectivity index (χ2v) is 5.66. The first-order valence-corrected chi connectivity index (χ1v) is 7.64. The van der Waals surface area contributed by atoms with E-state index < -0.39 is 0 Å². The minimum atomic E-state index is 0.229. The smallest absolute Gasteiger partial charge is 0.136 e. The predicted molar refractivity (Wildman–Crippen MR) is 79.6 cm³/mol. The van der Waals surface area contributed by atoms with Crippen molar-refractivity contribution in [2.45, 2.75) is 44.7 Å². The van der Waals surface area contributed by atoms with E-state index >= 15 is 0 Å². The molecule has 0 bridgehead atoms. The molecule has 3 rings (SSSR count). The molecule has 1 N–H and O–H groups in total. The fourth-order valence-corrected chi connectivity index (χ4v) is 3.28. The zero-order valence-electron chi connectivity index (χ0n) is 11.9. The highest BCUT2D eigenvalue weighted by atomic mass is 16.3. The molecule has 1 saturated carbocycles. The number of aliphatic hydroxyl groups is 1. The SMILES string of the molecule is OCCN(Cc1cnc2ccccn12)C1CCCCC1. The Labute approximate surface area is 120 Å². The quantitative estimate of drug-likeness (QED) is 0.910. The highest BCUT2D eigenvalue weighted by molar-refractivity contribution is 5.39. The van der Waals surface area contributed by atoms with Gasteiger partial charge in [-0.25, -0.2) is 4.98 Å². The molecule has 0 radical (unpaired) electrons. The van der Waals surface area contributed by atoms with Crippen molar-refractivity contribution in [2.24, 2.45) is 0 Å². The Morgan fingerprint density at radius 1 is 1.25 bits per heavy atom. The van der Waals surface area contributed by atoms with E-state index in [9.17, 15) is 5.11 Å². The molecule has 108 valence electrons. The zero-order chi connectivity index (χ0) is 13.8. The van der Waals surface area contributed by atoms with Gasteiger partial charge in [0.1, 0.15) is 5.65 Å². The van der Waals surface area contributed by atoms with Crippen LogP contribution in [0.4, 0.5) is 0 Å². The highest BCUT2D eigenvalue weighted by Gasteiger charge is 2.21. The molecule has 1 aliphatic carbocycles. The van der Waals surface area contributed by atoms with Gasteiger partial charge in [0.2, 0.25) is 0 Å². The minimum absolute atomic E-state index is 0.229. The number of aromatic nitrogens is 2. The van der Waals surface area contributed by atoms with Crippen LogP contribution >= 0.6 is 0 Å². The summed E-state index contributed by atoms with van der Waals surface area (Å²) in [6.07, 6.45) is 10.5. The van der Waals surface area contributed by atoms with E-state index in [1.54, 1.807) is 0 Å². The summed E-state index contributed by atoms with van der Waals surface area (Å²) < 4.78 is 2.15. The summed E-state index contributed by atoms with van der Waals surface area (Å²) in [4.78, 5) is 6.88. The van der Waals surface area contributed by atoms with E-state index in [0.717, 1.165) is 18.7 Å². The third kappa shape index (κ3) is 2.86. The van der Waals surface area contributed by atoms with Gasteiger partial charge >= 0.3 is 0 Å². The third-order valence-electron chi connectivity index (χ3n) is 4.34. The van der Waals surface area contributed by atoms with Crippen molar-refractivity contribution in [1.29, 1.82) is 0 Å². The number of imidazole rings is 1. The molecule has 2 aromatic rings. The number of pyridine rings is 1. The first kappa shape index (κ1) is 13.6. The molecule has 0 spiro atoms. The van der Waals surface area contributed by atoms with E-state index in [4.69, 9.17) is 0 Å². The molecular formula is C16H23N3O. The Morgan fingerprint density at radius 2 is 2.10 bits per heavy atom. The van der Waals surface area contributed by atoms with E-state index in [-0.39, 0.29) is 6.61 Å². The fourth-order valence-electron chi connectivity index (χ4n) is 3.28. The van der Waals surface area contributed by atoms with Gasteiger partial charge in [-0.15, -0.1) is 0 Å². The van der Waals surface area contributed by atoms with Crippen LogP contribution < -0.4 is 0 Å². The Balaban J connectivity index is 1.78. The van der Waals surface area contributed by atoms with Gasteiger partial charge < -0.3 is 9.51 Å². The fraction of sp³-hybridized carbons (Fsp3) is 0.562. The Hall–Kier alpha value is -1.39. The molecule has 2 heterocycles. The lowest BCUT2D eigenvalue weighted by molar-refractivity contribution is 0.115. The van der Waals surface area contributed by atoms with Gasteiger partial charge in [0, 0.05) is 25.3 Å². The molecule has 0 unspecified atom stereocenters. The van der Waals surface area contributed by atoms with Crippen LogP contribution in [0, 0.1) is 0 Å². The molecule has 20 heavy (non-hydrogen) atoms.